The van der Waals surface area contributed by atoms with Crippen LogP contribution >= 0.6 is 0 Å². The summed E-state index contributed by atoms with van der Waals surface area (Å²) in [4.78, 5) is 2.37. The number of hydrogen-bond donors (Lipinski definition) is 1. The van der Waals surface area contributed by atoms with Crippen molar-refractivity contribution < 1.29 is 4.39 Å². The van der Waals surface area contributed by atoms with Crippen molar-refractivity contribution in [1.29, 1.82) is 0 Å². The van der Waals surface area contributed by atoms with Gasteiger partial charge in [-0.3, -0.25) is 4.90 Å². The zero-order valence-corrected chi connectivity index (χ0v) is 14.1. The van der Waals surface area contributed by atoms with Gasteiger partial charge >= 0.3 is 0 Å². The van der Waals surface area contributed by atoms with E-state index in [2.05, 4.69) is 37.9 Å². The lowest BCUT2D eigenvalue weighted by Gasteiger charge is -2.27. The van der Waals surface area contributed by atoms with Gasteiger partial charge in [0.15, 0.2) is 0 Å². The fourth-order valence-corrected chi connectivity index (χ4v) is 2.43. The van der Waals surface area contributed by atoms with Crippen LogP contribution in [0.4, 0.5) is 4.39 Å². The number of halogens is 1. The van der Waals surface area contributed by atoms with Gasteiger partial charge in [0.05, 0.1) is 0 Å². The van der Waals surface area contributed by atoms with Gasteiger partial charge in [0.2, 0.25) is 0 Å². The molecule has 0 aliphatic rings. The molecule has 0 aliphatic heterocycles. The van der Waals surface area contributed by atoms with Crippen molar-refractivity contribution in [2.75, 3.05) is 13.1 Å². The Labute approximate surface area is 129 Å². The lowest BCUT2D eigenvalue weighted by molar-refractivity contribution is 0.206. The predicted octanol–water partition coefficient (Wildman–Crippen LogP) is 4.34. The van der Waals surface area contributed by atoms with E-state index in [-0.39, 0.29) is 5.82 Å². The maximum atomic E-state index is 14.1. The van der Waals surface area contributed by atoms with Crippen LogP contribution in [0.3, 0.4) is 0 Å². The number of nitrogens with one attached hydrogen (secondary N) is 1. The average Bonchev–Trinajstić information content (AvgIpc) is 2.46. The molecular weight excluding hydrogens is 263 g/mol. The molecule has 1 aromatic rings. The molecule has 0 bridgehead atoms. The molecule has 0 amide bonds. The largest absolute Gasteiger partial charge is 0.313 e. The Morgan fingerprint density at radius 1 is 1.19 bits per heavy atom. The second-order valence-corrected chi connectivity index (χ2v) is 5.98. The molecule has 0 fully saturated rings. The third-order valence-electron chi connectivity index (χ3n) is 3.84. The zero-order valence-electron chi connectivity index (χ0n) is 14.1. The number of hydrogen-bond acceptors (Lipinski definition) is 2. The van der Waals surface area contributed by atoms with Gasteiger partial charge in [0.1, 0.15) is 5.82 Å². The number of benzene rings is 1. The first kappa shape index (κ1) is 18.1. The Balaban J connectivity index is 2.72. The molecule has 21 heavy (non-hydrogen) atoms. The van der Waals surface area contributed by atoms with Crippen LogP contribution < -0.4 is 5.32 Å². The molecule has 0 saturated heterocycles. The molecule has 0 heterocycles. The minimum absolute atomic E-state index is 0.0867. The van der Waals surface area contributed by atoms with E-state index in [0.29, 0.717) is 12.6 Å². The van der Waals surface area contributed by atoms with Crippen LogP contribution in [0.1, 0.15) is 58.1 Å². The van der Waals surface area contributed by atoms with Gasteiger partial charge < -0.3 is 5.32 Å². The van der Waals surface area contributed by atoms with E-state index >= 15 is 0 Å². The second-order valence-electron chi connectivity index (χ2n) is 5.98. The highest BCUT2D eigenvalue weighted by molar-refractivity contribution is 5.25. The highest BCUT2D eigenvalue weighted by Crippen LogP contribution is 2.16. The molecule has 2 nitrogen and oxygen atoms in total. The minimum Gasteiger partial charge on any atom is -0.313 e. The monoisotopic (exact) mass is 294 g/mol. The van der Waals surface area contributed by atoms with Crippen molar-refractivity contribution in [3.63, 3.8) is 0 Å². The van der Waals surface area contributed by atoms with Gasteiger partial charge in [-0.1, -0.05) is 38.8 Å². The molecule has 0 aliphatic carbocycles. The predicted molar refractivity (Wildman–Crippen MR) is 88.9 cm³/mol. The summed E-state index contributed by atoms with van der Waals surface area (Å²) < 4.78 is 14.1. The number of rotatable bonds is 10. The first-order valence-electron chi connectivity index (χ1n) is 8.30. The maximum Gasteiger partial charge on any atom is 0.127 e. The first-order chi connectivity index (χ1) is 10.1. The van der Waals surface area contributed by atoms with E-state index in [0.717, 1.165) is 30.8 Å². The van der Waals surface area contributed by atoms with Crippen LogP contribution in [-0.2, 0) is 13.1 Å². The molecule has 0 unspecified atom stereocenters. The first-order valence-corrected chi connectivity index (χ1v) is 8.30. The van der Waals surface area contributed by atoms with Gasteiger partial charge in [-0.05, 0) is 45.0 Å². The highest BCUT2D eigenvalue weighted by Gasteiger charge is 2.13. The summed E-state index contributed by atoms with van der Waals surface area (Å²) in [6.45, 7) is 12.2. The van der Waals surface area contributed by atoms with Crippen LogP contribution in [0, 0.1) is 5.82 Å². The SMILES string of the molecule is CCCCCN(Cc1cc(CNCC)ccc1F)C(C)C. The van der Waals surface area contributed by atoms with Gasteiger partial charge in [-0.25, -0.2) is 4.39 Å². The summed E-state index contributed by atoms with van der Waals surface area (Å²) in [6, 6.07) is 5.93. The normalized spacial score (nSPS) is 11.6. The zero-order chi connectivity index (χ0) is 15.7. The lowest BCUT2D eigenvalue weighted by Crippen LogP contribution is -2.31. The van der Waals surface area contributed by atoms with Gasteiger partial charge in [0.25, 0.3) is 0 Å². The van der Waals surface area contributed by atoms with Crippen molar-refractivity contribution in [1.82, 2.24) is 10.2 Å². The van der Waals surface area contributed by atoms with Crippen molar-refractivity contribution in [3.8, 4) is 0 Å². The molecule has 0 aromatic heterocycles. The number of unbranched alkanes of at least 4 members (excludes halogenated alkanes) is 2. The molecule has 0 saturated carbocycles. The van der Waals surface area contributed by atoms with Crippen LogP contribution in [0.5, 0.6) is 0 Å². The van der Waals surface area contributed by atoms with Gasteiger partial charge in [-0.15, -0.1) is 0 Å². The van der Waals surface area contributed by atoms with Crippen LogP contribution in [0.25, 0.3) is 0 Å². The molecule has 0 atom stereocenters. The Bertz CT molecular complexity index is 404. The smallest absolute Gasteiger partial charge is 0.127 e. The summed E-state index contributed by atoms with van der Waals surface area (Å²) in [5.41, 5.74) is 1.97. The molecule has 3 heteroatoms. The van der Waals surface area contributed by atoms with Crippen LogP contribution in [0.15, 0.2) is 18.2 Å². The summed E-state index contributed by atoms with van der Waals surface area (Å²) in [5, 5.41) is 3.29. The molecule has 1 rings (SSSR count). The standard InChI is InChI=1S/C18H31FN2/c1-5-7-8-11-21(15(3)4)14-17-12-16(13-20-6-2)9-10-18(17)19/h9-10,12,15,20H,5-8,11,13-14H2,1-4H3. The van der Waals surface area contributed by atoms with Crippen molar-refractivity contribution >= 4 is 0 Å². The molecule has 1 N–H and O–H groups in total. The third kappa shape index (κ3) is 6.58. The van der Waals surface area contributed by atoms with E-state index in [9.17, 15) is 4.39 Å². The van der Waals surface area contributed by atoms with Crippen LogP contribution in [-0.4, -0.2) is 24.0 Å². The van der Waals surface area contributed by atoms with E-state index in [4.69, 9.17) is 0 Å². The van der Waals surface area contributed by atoms with E-state index < -0.39 is 0 Å². The summed E-state index contributed by atoms with van der Waals surface area (Å²) in [5.74, 6) is -0.0867. The van der Waals surface area contributed by atoms with Crippen molar-refractivity contribution in [3.05, 3.63) is 35.1 Å². The van der Waals surface area contributed by atoms with E-state index in [1.54, 1.807) is 6.07 Å². The molecule has 0 radical (unpaired) electrons. The Morgan fingerprint density at radius 2 is 1.95 bits per heavy atom. The maximum absolute atomic E-state index is 14.1. The third-order valence-corrected chi connectivity index (χ3v) is 3.84. The van der Waals surface area contributed by atoms with E-state index in [1.165, 1.54) is 19.3 Å². The fourth-order valence-electron chi connectivity index (χ4n) is 2.43. The molecular formula is C18H31FN2. The fraction of sp³-hybridized carbons (Fsp3) is 0.667. The Hall–Kier alpha value is -0.930. The van der Waals surface area contributed by atoms with Crippen LogP contribution in [0.2, 0.25) is 0 Å². The average molecular weight is 294 g/mol. The number of nitrogens with zero attached hydrogens (tertiary/aromatic N) is 1. The van der Waals surface area contributed by atoms with Crippen molar-refractivity contribution in [2.45, 2.75) is 66.1 Å². The molecule has 120 valence electrons. The summed E-state index contributed by atoms with van der Waals surface area (Å²) in [6.07, 6.45) is 3.65. The topological polar surface area (TPSA) is 15.3 Å². The second kappa shape index (κ2) is 9.91. The lowest BCUT2D eigenvalue weighted by atomic mass is 10.1. The summed E-state index contributed by atoms with van der Waals surface area (Å²) in [7, 11) is 0. The Kier molecular flexibility index (Phi) is 8.55. The minimum atomic E-state index is -0.0867. The quantitative estimate of drug-likeness (QED) is 0.646. The summed E-state index contributed by atoms with van der Waals surface area (Å²) >= 11 is 0. The van der Waals surface area contributed by atoms with Gasteiger partial charge in [-0.2, -0.15) is 0 Å². The van der Waals surface area contributed by atoms with Crippen molar-refractivity contribution in [2.24, 2.45) is 0 Å². The highest BCUT2D eigenvalue weighted by atomic mass is 19.1. The molecule has 0 spiro atoms. The Morgan fingerprint density at radius 3 is 2.57 bits per heavy atom. The molecule has 1 aromatic carbocycles. The van der Waals surface area contributed by atoms with Gasteiger partial charge in [0, 0.05) is 24.7 Å². The van der Waals surface area contributed by atoms with E-state index in [1.807, 2.05) is 12.1 Å².